The van der Waals surface area contributed by atoms with E-state index >= 15 is 0 Å². The van der Waals surface area contributed by atoms with Crippen molar-refractivity contribution < 1.29 is 14.6 Å². The average Bonchev–Trinajstić information content (AvgIpc) is 2.71. The number of hydrogen-bond donors (Lipinski definition) is 1. The third-order valence-electron chi connectivity index (χ3n) is 2.89. The van der Waals surface area contributed by atoms with Gasteiger partial charge < -0.3 is 9.84 Å². The molecule has 0 bridgehead atoms. The topological polar surface area (TPSA) is 49.8 Å². The van der Waals surface area contributed by atoms with Crippen molar-refractivity contribution >= 4 is 17.4 Å². The van der Waals surface area contributed by atoms with E-state index in [1.807, 2.05) is 26.2 Å². The summed E-state index contributed by atoms with van der Waals surface area (Å²) in [7, 11) is 0. The second-order valence-electron chi connectivity index (χ2n) is 5.52. The van der Waals surface area contributed by atoms with E-state index in [1.54, 1.807) is 16.2 Å². The van der Waals surface area contributed by atoms with Crippen LogP contribution in [0.5, 0.6) is 0 Å². The number of fused-ring (bicyclic) bond motifs is 1. The van der Waals surface area contributed by atoms with Gasteiger partial charge in [0.1, 0.15) is 5.60 Å². The number of aliphatic hydroxyl groups excluding tert-OH is 1. The van der Waals surface area contributed by atoms with E-state index < -0.39 is 5.60 Å². The van der Waals surface area contributed by atoms with Crippen molar-refractivity contribution in [2.75, 3.05) is 6.61 Å². The van der Waals surface area contributed by atoms with Crippen molar-refractivity contribution in [3.05, 3.63) is 21.9 Å². The first-order chi connectivity index (χ1) is 8.40. The summed E-state index contributed by atoms with van der Waals surface area (Å²) in [6.07, 6.45) is 0.356. The number of rotatable bonds is 1. The van der Waals surface area contributed by atoms with Crippen LogP contribution in [0.2, 0.25) is 0 Å². The first-order valence-electron chi connectivity index (χ1n) is 6.06. The Morgan fingerprint density at radius 1 is 1.61 bits per heavy atom. The molecule has 0 saturated heterocycles. The van der Waals surface area contributed by atoms with E-state index in [0.717, 1.165) is 0 Å². The summed E-state index contributed by atoms with van der Waals surface area (Å²) in [5, 5.41) is 11.5. The van der Waals surface area contributed by atoms with Crippen molar-refractivity contribution in [2.24, 2.45) is 0 Å². The van der Waals surface area contributed by atoms with Crippen LogP contribution in [0.4, 0.5) is 4.79 Å². The summed E-state index contributed by atoms with van der Waals surface area (Å²) in [4.78, 5) is 14.9. The molecule has 1 unspecified atom stereocenters. The number of hydrogen-bond acceptors (Lipinski definition) is 4. The maximum atomic E-state index is 12.1. The molecule has 0 aromatic carbocycles. The van der Waals surface area contributed by atoms with Gasteiger partial charge in [-0.1, -0.05) is 0 Å². The smallest absolute Gasteiger partial charge is 0.410 e. The molecule has 0 radical (unpaired) electrons. The third-order valence-corrected chi connectivity index (χ3v) is 3.83. The van der Waals surface area contributed by atoms with Crippen LogP contribution in [0, 0.1) is 0 Å². The van der Waals surface area contributed by atoms with Gasteiger partial charge in [0.25, 0.3) is 0 Å². The third kappa shape index (κ3) is 2.84. The Kier molecular flexibility index (Phi) is 3.64. The Balaban J connectivity index is 2.14. The van der Waals surface area contributed by atoms with Gasteiger partial charge in [-0.15, -0.1) is 11.3 Å². The molecule has 1 amide bonds. The summed E-state index contributed by atoms with van der Waals surface area (Å²) in [5.41, 5.74) is 0.728. The number of aliphatic hydroxyl groups is 1. The van der Waals surface area contributed by atoms with Crippen molar-refractivity contribution in [3.8, 4) is 0 Å². The summed E-state index contributed by atoms with van der Waals surface area (Å²) in [6, 6.07) is 1.89. The zero-order chi connectivity index (χ0) is 13.3. The van der Waals surface area contributed by atoms with Gasteiger partial charge in [-0.2, -0.15) is 0 Å². The van der Waals surface area contributed by atoms with E-state index in [4.69, 9.17) is 4.74 Å². The molecule has 5 heteroatoms. The lowest BCUT2D eigenvalue weighted by atomic mass is 10.0. The largest absolute Gasteiger partial charge is 0.444 e. The van der Waals surface area contributed by atoms with Crippen molar-refractivity contribution in [2.45, 2.75) is 45.4 Å². The Hall–Kier alpha value is -1.07. The van der Waals surface area contributed by atoms with Crippen LogP contribution in [0.1, 0.15) is 31.2 Å². The monoisotopic (exact) mass is 269 g/mol. The van der Waals surface area contributed by atoms with Crippen LogP contribution in [-0.4, -0.2) is 34.3 Å². The molecular weight excluding hydrogens is 250 g/mol. The van der Waals surface area contributed by atoms with Crippen LogP contribution >= 0.6 is 11.3 Å². The van der Waals surface area contributed by atoms with E-state index in [-0.39, 0.29) is 18.7 Å². The molecule has 18 heavy (non-hydrogen) atoms. The fourth-order valence-electron chi connectivity index (χ4n) is 2.03. The van der Waals surface area contributed by atoms with Crippen molar-refractivity contribution in [3.63, 3.8) is 0 Å². The molecular formula is C13H19NO3S. The minimum atomic E-state index is -0.507. The van der Waals surface area contributed by atoms with Gasteiger partial charge in [0, 0.05) is 4.88 Å². The molecule has 1 aliphatic heterocycles. The number of carbonyl (C=O) groups excluding carboxylic acids is 1. The van der Waals surface area contributed by atoms with Crippen molar-refractivity contribution in [1.29, 1.82) is 0 Å². The minimum Gasteiger partial charge on any atom is -0.444 e. The molecule has 1 aromatic rings. The Bertz CT molecular complexity index is 436. The van der Waals surface area contributed by atoms with E-state index in [0.29, 0.717) is 13.0 Å². The Morgan fingerprint density at radius 2 is 2.33 bits per heavy atom. The molecule has 0 aliphatic carbocycles. The predicted octanol–water partition coefficient (Wildman–Crippen LogP) is 2.40. The van der Waals surface area contributed by atoms with Crippen LogP contribution in [0.15, 0.2) is 11.4 Å². The summed E-state index contributed by atoms with van der Waals surface area (Å²) < 4.78 is 5.38. The maximum Gasteiger partial charge on any atom is 0.410 e. The molecule has 100 valence electrons. The number of thiophene rings is 1. The average molecular weight is 269 g/mol. The highest BCUT2D eigenvalue weighted by molar-refractivity contribution is 7.10. The lowest BCUT2D eigenvalue weighted by Crippen LogP contribution is -2.47. The molecule has 4 nitrogen and oxygen atoms in total. The van der Waals surface area contributed by atoms with Crippen LogP contribution < -0.4 is 0 Å². The number of nitrogens with zero attached hydrogens (tertiary/aromatic N) is 1. The highest BCUT2D eigenvalue weighted by Crippen LogP contribution is 2.28. The molecule has 2 rings (SSSR count). The van der Waals surface area contributed by atoms with Crippen LogP contribution in [0.3, 0.4) is 0 Å². The van der Waals surface area contributed by atoms with Gasteiger partial charge in [-0.3, -0.25) is 4.90 Å². The fraction of sp³-hybridized carbons (Fsp3) is 0.615. The maximum absolute atomic E-state index is 12.1. The lowest BCUT2D eigenvalue weighted by Gasteiger charge is -2.35. The van der Waals surface area contributed by atoms with Gasteiger partial charge in [0.05, 0.1) is 19.2 Å². The van der Waals surface area contributed by atoms with Gasteiger partial charge in [0.2, 0.25) is 0 Å². The Labute approximate surface area is 111 Å². The second-order valence-corrected chi connectivity index (χ2v) is 6.52. The first kappa shape index (κ1) is 13.4. The molecule has 2 heterocycles. The molecule has 1 aliphatic rings. The van der Waals surface area contributed by atoms with E-state index in [1.165, 1.54) is 10.4 Å². The molecule has 1 atom stereocenters. The first-order valence-corrected chi connectivity index (χ1v) is 6.94. The lowest BCUT2D eigenvalue weighted by molar-refractivity contribution is 0.00504. The highest BCUT2D eigenvalue weighted by Gasteiger charge is 2.32. The van der Waals surface area contributed by atoms with Crippen LogP contribution in [0.25, 0.3) is 0 Å². The highest BCUT2D eigenvalue weighted by atomic mass is 32.1. The normalized spacial score (nSPS) is 19.6. The quantitative estimate of drug-likeness (QED) is 0.851. The SMILES string of the molecule is CC(C)(C)OC(=O)N1Cc2sccc2CC1CO. The number of ether oxygens (including phenoxy) is 1. The fourth-order valence-corrected chi connectivity index (χ4v) is 2.95. The summed E-state index contributed by atoms with van der Waals surface area (Å²) in [6.45, 7) is 6.04. The molecule has 0 fully saturated rings. The molecule has 0 saturated carbocycles. The molecule has 1 N–H and O–H groups in total. The van der Waals surface area contributed by atoms with Crippen molar-refractivity contribution in [1.82, 2.24) is 4.90 Å². The summed E-state index contributed by atoms with van der Waals surface area (Å²) >= 11 is 1.65. The predicted molar refractivity (Wildman–Crippen MR) is 70.7 cm³/mol. The zero-order valence-electron chi connectivity index (χ0n) is 11.0. The second kappa shape index (κ2) is 4.90. The van der Waals surface area contributed by atoms with Crippen LogP contribution in [-0.2, 0) is 17.7 Å². The van der Waals surface area contributed by atoms with E-state index in [2.05, 4.69) is 6.07 Å². The zero-order valence-corrected chi connectivity index (χ0v) is 11.8. The summed E-state index contributed by atoms with van der Waals surface area (Å²) in [5.74, 6) is 0. The van der Waals surface area contributed by atoms with E-state index in [9.17, 15) is 9.90 Å². The van der Waals surface area contributed by atoms with Gasteiger partial charge >= 0.3 is 6.09 Å². The molecule has 0 spiro atoms. The number of amides is 1. The standard InChI is InChI=1S/C13H19NO3S/c1-13(2,3)17-12(16)14-7-11-9(4-5-18-11)6-10(14)8-15/h4-5,10,15H,6-8H2,1-3H3. The van der Waals surface area contributed by atoms with Gasteiger partial charge in [0.15, 0.2) is 0 Å². The minimum absolute atomic E-state index is 0.0332. The van der Waals surface area contributed by atoms with Gasteiger partial charge in [-0.25, -0.2) is 4.79 Å². The van der Waals surface area contributed by atoms with Gasteiger partial charge in [-0.05, 0) is 44.2 Å². The number of carbonyl (C=O) groups is 1. The molecule has 1 aromatic heterocycles. The Morgan fingerprint density at radius 3 is 2.94 bits per heavy atom.